The number of rotatable bonds is 9. The first kappa shape index (κ1) is 23.9. The number of nitrogens with zero attached hydrogens (tertiary/aromatic N) is 1. The molecule has 2 aromatic rings. The quantitative estimate of drug-likeness (QED) is 0.494. The average molecular weight is 504 g/mol. The summed E-state index contributed by atoms with van der Waals surface area (Å²) in [7, 11) is 0. The van der Waals surface area contributed by atoms with Gasteiger partial charge in [0.15, 0.2) is 0 Å². The van der Waals surface area contributed by atoms with Gasteiger partial charge in [0, 0.05) is 22.8 Å². The van der Waals surface area contributed by atoms with Crippen LogP contribution < -0.4 is 5.32 Å². The summed E-state index contributed by atoms with van der Waals surface area (Å²) in [4.78, 5) is 27.8. The molecule has 6 heteroatoms. The van der Waals surface area contributed by atoms with Gasteiger partial charge in [0.25, 0.3) is 0 Å². The zero-order valence-electron chi connectivity index (χ0n) is 18.3. The maximum atomic E-state index is 13.2. The predicted octanol–water partition coefficient (Wildman–Crippen LogP) is 5.47. The molecule has 1 saturated carbocycles. The molecular formula is C25H31BrN2O2S. The standard InChI is InChI=1S/C25H31BrN2O2S/c1-18-7-9-20(10-8-18)15-28(19(2)25(30)27-23-5-3-4-6-23)24(29)17-31-16-21-11-13-22(26)14-12-21/h7-14,19,23H,3-6,15-17H2,1-2H3,(H,27,30)/t19-/m1/s1. The average Bonchev–Trinajstić information content (AvgIpc) is 3.27. The lowest BCUT2D eigenvalue weighted by molar-refractivity contribution is -0.138. The van der Waals surface area contributed by atoms with Crippen molar-refractivity contribution >= 4 is 39.5 Å². The summed E-state index contributed by atoms with van der Waals surface area (Å²) in [6.45, 7) is 4.33. The van der Waals surface area contributed by atoms with E-state index in [2.05, 4.69) is 33.4 Å². The van der Waals surface area contributed by atoms with Gasteiger partial charge in [-0.2, -0.15) is 0 Å². The van der Waals surface area contributed by atoms with Crippen molar-refractivity contribution < 1.29 is 9.59 Å². The van der Waals surface area contributed by atoms with Crippen LogP contribution in [-0.2, 0) is 21.9 Å². The number of thioether (sulfide) groups is 1. The van der Waals surface area contributed by atoms with Crippen molar-refractivity contribution in [2.45, 2.75) is 63.9 Å². The smallest absolute Gasteiger partial charge is 0.242 e. The summed E-state index contributed by atoms with van der Waals surface area (Å²) in [6.07, 6.45) is 4.40. The molecule has 0 aliphatic heterocycles. The normalized spacial score (nSPS) is 14.9. The zero-order chi connectivity index (χ0) is 22.2. The number of halogens is 1. The molecule has 0 spiro atoms. The molecule has 0 radical (unpaired) electrons. The highest BCUT2D eigenvalue weighted by atomic mass is 79.9. The second-order valence-electron chi connectivity index (χ2n) is 8.29. The van der Waals surface area contributed by atoms with Crippen LogP contribution in [0.25, 0.3) is 0 Å². The largest absolute Gasteiger partial charge is 0.352 e. The van der Waals surface area contributed by atoms with E-state index < -0.39 is 6.04 Å². The third kappa shape index (κ3) is 7.39. The molecule has 0 aromatic heterocycles. The first-order valence-corrected chi connectivity index (χ1v) is 12.8. The summed E-state index contributed by atoms with van der Waals surface area (Å²) < 4.78 is 1.05. The monoisotopic (exact) mass is 502 g/mol. The minimum absolute atomic E-state index is 0.00300. The molecule has 4 nitrogen and oxygen atoms in total. The Hall–Kier alpha value is -1.79. The van der Waals surface area contributed by atoms with E-state index in [0.717, 1.165) is 41.5 Å². The van der Waals surface area contributed by atoms with Gasteiger partial charge in [-0.25, -0.2) is 0 Å². The number of hydrogen-bond acceptors (Lipinski definition) is 3. The van der Waals surface area contributed by atoms with Crippen LogP contribution in [0.2, 0.25) is 0 Å². The molecular weight excluding hydrogens is 472 g/mol. The van der Waals surface area contributed by atoms with Crippen molar-refractivity contribution in [2.24, 2.45) is 0 Å². The lowest BCUT2D eigenvalue weighted by Gasteiger charge is -2.29. The van der Waals surface area contributed by atoms with E-state index in [0.29, 0.717) is 12.3 Å². The molecule has 2 amide bonds. The van der Waals surface area contributed by atoms with E-state index in [-0.39, 0.29) is 17.9 Å². The van der Waals surface area contributed by atoms with Gasteiger partial charge >= 0.3 is 0 Å². The molecule has 0 saturated heterocycles. The molecule has 0 unspecified atom stereocenters. The maximum Gasteiger partial charge on any atom is 0.242 e. The Morgan fingerprint density at radius 1 is 1.06 bits per heavy atom. The number of carbonyl (C=O) groups excluding carboxylic acids is 2. The number of amides is 2. The minimum atomic E-state index is -0.498. The number of benzene rings is 2. The summed E-state index contributed by atoms with van der Waals surface area (Å²) in [5.74, 6) is 1.06. The molecule has 166 valence electrons. The summed E-state index contributed by atoms with van der Waals surface area (Å²) in [6, 6.07) is 16.0. The Morgan fingerprint density at radius 3 is 2.32 bits per heavy atom. The van der Waals surface area contributed by atoms with Gasteiger partial charge in [-0.1, -0.05) is 70.7 Å². The molecule has 31 heavy (non-hydrogen) atoms. The Morgan fingerprint density at radius 2 is 1.68 bits per heavy atom. The molecule has 1 aliphatic carbocycles. The zero-order valence-corrected chi connectivity index (χ0v) is 20.7. The van der Waals surface area contributed by atoms with E-state index in [1.807, 2.05) is 50.2 Å². The van der Waals surface area contributed by atoms with Crippen LogP contribution in [-0.4, -0.2) is 34.6 Å². The van der Waals surface area contributed by atoms with Gasteiger partial charge in [0.1, 0.15) is 6.04 Å². The van der Waals surface area contributed by atoms with Crippen LogP contribution in [0.15, 0.2) is 53.0 Å². The maximum absolute atomic E-state index is 13.2. The number of carbonyl (C=O) groups is 2. The number of hydrogen-bond donors (Lipinski definition) is 1. The van der Waals surface area contributed by atoms with Crippen molar-refractivity contribution in [3.05, 3.63) is 69.7 Å². The predicted molar refractivity (Wildman–Crippen MR) is 132 cm³/mol. The molecule has 1 fully saturated rings. The minimum Gasteiger partial charge on any atom is -0.352 e. The number of aryl methyl sites for hydroxylation is 1. The van der Waals surface area contributed by atoms with Crippen molar-refractivity contribution in [3.63, 3.8) is 0 Å². The highest BCUT2D eigenvalue weighted by Gasteiger charge is 2.28. The first-order valence-electron chi connectivity index (χ1n) is 10.9. The van der Waals surface area contributed by atoms with Gasteiger partial charge in [0.2, 0.25) is 11.8 Å². The highest BCUT2D eigenvalue weighted by molar-refractivity contribution is 9.10. The van der Waals surface area contributed by atoms with E-state index in [4.69, 9.17) is 0 Å². The number of nitrogens with one attached hydrogen (secondary N) is 1. The molecule has 3 rings (SSSR count). The van der Waals surface area contributed by atoms with Crippen molar-refractivity contribution in [2.75, 3.05) is 5.75 Å². The van der Waals surface area contributed by atoms with E-state index in [1.54, 1.807) is 16.7 Å². The molecule has 1 atom stereocenters. The van der Waals surface area contributed by atoms with Crippen LogP contribution in [0.4, 0.5) is 0 Å². The lowest BCUT2D eigenvalue weighted by Crippen LogP contribution is -2.50. The molecule has 1 aliphatic rings. The molecule has 2 aromatic carbocycles. The van der Waals surface area contributed by atoms with Crippen LogP contribution in [0.5, 0.6) is 0 Å². The summed E-state index contributed by atoms with van der Waals surface area (Å²) in [5, 5.41) is 3.15. The SMILES string of the molecule is Cc1ccc(CN(C(=O)CSCc2ccc(Br)cc2)[C@H](C)C(=O)NC2CCCC2)cc1. The van der Waals surface area contributed by atoms with Crippen LogP contribution in [0, 0.1) is 6.92 Å². The van der Waals surface area contributed by atoms with Gasteiger partial charge < -0.3 is 10.2 Å². The van der Waals surface area contributed by atoms with Crippen molar-refractivity contribution in [1.29, 1.82) is 0 Å². The van der Waals surface area contributed by atoms with Gasteiger partial charge in [0.05, 0.1) is 5.75 Å². The van der Waals surface area contributed by atoms with Crippen LogP contribution >= 0.6 is 27.7 Å². The fraction of sp³-hybridized carbons (Fsp3) is 0.440. The Balaban J connectivity index is 1.64. The van der Waals surface area contributed by atoms with E-state index in [1.165, 1.54) is 11.1 Å². The Labute approximate surface area is 198 Å². The topological polar surface area (TPSA) is 49.4 Å². The fourth-order valence-corrected chi connectivity index (χ4v) is 4.92. The second kappa shape index (κ2) is 11.7. The third-order valence-corrected chi connectivity index (χ3v) is 7.27. The molecule has 1 N–H and O–H groups in total. The van der Waals surface area contributed by atoms with Crippen molar-refractivity contribution in [1.82, 2.24) is 10.2 Å². The lowest BCUT2D eigenvalue weighted by atomic mass is 10.1. The fourth-order valence-electron chi connectivity index (χ4n) is 3.78. The van der Waals surface area contributed by atoms with Gasteiger partial charge in [-0.3, -0.25) is 9.59 Å². The first-order chi connectivity index (χ1) is 14.9. The van der Waals surface area contributed by atoms with Gasteiger partial charge in [-0.05, 0) is 49.9 Å². The molecule has 0 bridgehead atoms. The van der Waals surface area contributed by atoms with Gasteiger partial charge in [-0.15, -0.1) is 11.8 Å². The summed E-state index contributed by atoms with van der Waals surface area (Å²) >= 11 is 5.03. The van der Waals surface area contributed by atoms with Crippen molar-refractivity contribution in [3.8, 4) is 0 Å². The van der Waals surface area contributed by atoms with E-state index in [9.17, 15) is 9.59 Å². The Bertz CT molecular complexity index is 864. The second-order valence-corrected chi connectivity index (χ2v) is 10.2. The summed E-state index contributed by atoms with van der Waals surface area (Å²) in [5.41, 5.74) is 3.40. The van der Waals surface area contributed by atoms with Crippen LogP contribution in [0.1, 0.15) is 49.3 Å². The molecule has 0 heterocycles. The van der Waals surface area contributed by atoms with E-state index >= 15 is 0 Å². The highest BCUT2D eigenvalue weighted by Crippen LogP contribution is 2.20. The van der Waals surface area contributed by atoms with Crippen LogP contribution in [0.3, 0.4) is 0 Å². The Kier molecular flexibility index (Phi) is 9.02. The third-order valence-electron chi connectivity index (χ3n) is 5.75.